The number of amides is 1. The number of piperidine rings is 1. The van der Waals surface area contributed by atoms with Gasteiger partial charge in [-0.15, -0.1) is 0 Å². The topological polar surface area (TPSA) is 99.6 Å². The Balaban J connectivity index is 1.63. The van der Waals surface area contributed by atoms with E-state index in [-0.39, 0.29) is 44.7 Å². The van der Waals surface area contributed by atoms with E-state index in [1.807, 2.05) is 6.07 Å². The molecule has 1 aromatic rings. The van der Waals surface area contributed by atoms with E-state index in [0.29, 0.717) is 25.7 Å². The van der Waals surface area contributed by atoms with E-state index in [4.69, 9.17) is 0 Å². The quantitative estimate of drug-likeness (QED) is 0.425. The molecule has 3 rings (SSSR count). The number of hydrogen-bond donors (Lipinski definition) is 2. The molecule has 0 bridgehead atoms. The zero-order valence-corrected chi connectivity index (χ0v) is 20.5. The van der Waals surface area contributed by atoms with E-state index in [1.54, 1.807) is 17.7 Å². The number of alkyl halides is 3. The van der Waals surface area contributed by atoms with Crippen molar-refractivity contribution >= 4 is 15.9 Å². The molecule has 1 saturated carbocycles. The first-order chi connectivity index (χ1) is 15.8. The number of hydrogen-bond acceptors (Lipinski definition) is 5. The van der Waals surface area contributed by atoms with Gasteiger partial charge in [-0.25, -0.2) is 18.2 Å². The van der Waals surface area contributed by atoms with Gasteiger partial charge in [0, 0.05) is 30.9 Å². The van der Waals surface area contributed by atoms with Crippen LogP contribution in [0.5, 0.6) is 0 Å². The highest BCUT2D eigenvalue weighted by Crippen LogP contribution is 2.41. The lowest BCUT2D eigenvalue weighted by Crippen LogP contribution is -2.58. The number of nitrogens with one attached hydrogen (secondary N) is 1. The zero-order chi connectivity index (χ0) is 25.2. The van der Waals surface area contributed by atoms with Crippen molar-refractivity contribution in [2.45, 2.75) is 88.5 Å². The molecule has 1 amide bonds. The summed E-state index contributed by atoms with van der Waals surface area (Å²) in [6.45, 7) is 2.88. The highest BCUT2D eigenvalue weighted by atomic mass is 32.2. The van der Waals surface area contributed by atoms with Crippen molar-refractivity contribution in [2.24, 2.45) is 5.41 Å². The number of hydroxylamine groups is 1. The van der Waals surface area contributed by atoms with Crippen LogP contribution in [0.15, 0.2) is 18.3 Å². The third-order valence-corrected chi connectivity index (χ3v) is 10.2. The number of halogens is 3. The number of aromatic nitrogens is 1. The Morgan fingerprint density at radius 2 is 1.79 bits per heavy atom. The van der Waals surface area contributed by atoms with Crippen LogP contribution in [0.25, 0.3) is 0 Å². The van der Waals surface area contributed by atoms with Gasteiger partial charge in [0.15, 0.2) is 4.75 Å². The maximum Gasteiger partial charge on any atom is 0.393 e. The second kappa shape index (κ2) is 10.1. The largest absolute Gasteiger partial charge is 0.393 e. The molecule has 0 unspecified atom stereocenters. The minimum Gasteiger partial charge on any atom is -0.289 e. The van der Waals surface area contributed by atoms with Crippen LogP contribution in [0.3, 0.4) is 0 Å². The Kier molecular flexibility index (Phi) is 7.99. The molecule has 0 aromatic carbocycles. The second-order valence-corrected chi connectivity index (χ2v) is 12.4. The smallest absolute Gasteiger partial charge is 0.289 e. The van der Waals surface area contributed by atoms with Gasteiger partial charge in [-0.1, -0.05) is 39.2 Å². The molecule has 2 aliphatic rings. The summed E-state index contributed by atoms with van der Waals surface area (Å²) in [6, 6.07) is 3.60. The van der Waals surface area contributed by atoms with Gasteiger partial charge < -0.3 is 0 Å². The first kappa shape index (κ1) is 26.9. The molecule has 0 atom stereocenters. The Labute approximate surface area is 199 Å². The molecular formula is C23H34F3N3O4S. The van der Waals surface area contributed by atoms with E-state index in [2.05, 4.69) is 4.98 Å². The number of carbonyl (C=O) groups is 1. The van der Waals surface area contributed by atoms with Crippen molar-refractivity contribution in [3.05, 3.63) is 29.6 Å². The summed E-state index contributed by atoms with van der Waals surface area (Å²) in [5.74, 6) is -0.832. The third-order valence-electron chi connectivity index (χ3n) is 7.54. The molecule has 0 spiro atoms. The maximum atomic E-state index is 13.4. The number of sulfonamides is 1. The lowest BCUT2D eigenvalue weighted by atomic mass is 9.85. The predicted octanol–water partition coefficient (Wildman–Crippen LogP) is 4.32. The van der Waals surface area contributed by atoms with Gasteiger partial charge in [-0.2, -0.15) is 13.2 Å². The van der Waals surface area contributed by atoms with Gasteiger partial charge in [-0.3, -0.25) is 15.0 Å². The highest BCUT2D eigenvalue weighted by Gasteiger charge is 2.54. The summed E-state index contributed by atoms with van der Waals surface area (Å²) in [5.41, 5.74) is 1.32. The van der Waals surface area contributed by atoms with Crippen LogP contribution in [-0.4, -0.2) is 52.8 Å². The average Bonchev–Trinajstić information content (AvgIpc) is 2.82. The van der Waals surface area contributed by atoms with Crippen LogP contribution in [0, 0.1) is 5.41 Å². The van der Waals surface area contributed by atoms with Crippen LogP contribution in [0.4, 0.5) is 13.2 Å². The summed E-state index contributed by atoms with van der Waals surface area (Å²) in [5, 5.41) is 9.20. The lowest BCUT2D eigenvalue weighted by Gasteiger charge is -2.40. The van der Waals surface area contributed by atoms with Crippen molar-refractivity contribution < 1.29 is 31.6 Å². The van der Waals surface area contributed by atoms with E-state index in [1.165, 1.54) is 18.2 Å². The summed E-state index contributed by atoms with van der Waals surface area (Å²) in [7, 11) is -3.95. The number of nitrogens with zero attached hydrogens (tertiary/aromatic N) is 2. The second-order valence-electron chi connectivity index (χ2n) is 10.1. The van der Waals surface area contributed by atoms with Gasteiger partial charge in [0.2, 0.25) is 10.0 Å². The molecule has 7 nitrogen and oxygen atoms in total. The third kappa shape index (κ3) is 5.26. The van der Waals surface area contributed by atoms with Crippen LogP contribution in [-0.2, 0) is 21.2 Å². The minimum atomic E-state index is -4.26. The van der Waals surface area contributed by atoms with Gasteiger partial charge >= 0.3 is 6.18 Å². The van der Waals surface area contributed by atoms with Gasteiger partial charge in [0.05, 0.1) is 5.41 Å². The van der Waals surface area contributed by atoms with Gasteiger partial charge in [0.25, 0.3) is 5.91 Å². The van der Waals surface area contributed by atoms with Crippen molar-refractivity contribution in [3.8, 4) is 0 Å². The van der Waals surface area contributed by atoms with Crippen molar-refractivity contribution in [1.82, 2.24) is 14.8 Å². The van der Waals surface area contributed by atoms with Gasteiger partial charge in [-0.05, 0) is 50.2 Å². The molecule has 34 heavy (non-hydrogen) atoms. The molecule has 1 aliphatic carbocycles. The molecule has 2 N–H and O–H groups in total. The van der Waals surface area contributed by atoms with Gasteiger partial charge in [0.1, 0.15) is 0 Å². The summed E-state index contributed by atoms with van der Waals surface area (Å²) in [6.07, 6.45) is 1.10. The Bertz CT molecular complexity index is 951. The SMILES string of the molecule is CC(C)(CCc1ccc(C2CCN(S(=O)(=O)C3(C(=O)NO)CCCCC3)CC2)nc1)C(F)(F)F. The van der Waals surface area contributed by atoms with Crippen molar-refractivity contribution in [3.63, 3.8) is 0 Å². The Hall–Kier alpha value is -1.72. The molecule has 192 valence electrons. The molecule has 0 radical (unpaired) electrons. The summed E-state index contributed by atoms with van der Waals surface area (Å²) >= 11 is 0. The monoisotopic (exact) mass is 505 g/mol. The normalized spacial score (nSPS) is 20.8. The van der Waals surface area contributed by atoms with Crippen molar-refractivity contribution in [2.75, 3.05) is 13.1 Å². The minimum absolute atomic E-state index is 0.0288. The highest BCUT2D eigenvalue weighted by molar-refractivity contribution is 7.91. The van der Waals surface area contributed by atoms with Crippen LogP contribution < -0.4 is 5.48 Å². The number of pyridine rings is 1. The first-order valence-electron chi connectivity index (χ1n) is 11.8. The Morgan fingerprint density at radius 3 is 2.29 bits per heavy atom. The number of rotatable bonds is 7. The van der Waals surface area contributed by atoms with Crippen molar-refractivity contribution in [1.29, 1.82) is 0 Å². The fourth-order valence-electron chi connectivity index (χ4n) is 4.89. The standard InChI is InChI=1S/C23H34F3N3O4S/c1-21(2,23(24,25)26)13-8-17-6-7-19(27-16-17)18-9-14-29(15-10-18)34(32,33)22(20(30)28-31)11-4-3-5-12-22/h6-7,16,18,31H,3-5,8-15H2,1-2H3,(H,28,30). The van der Waals surface area contributed by atoms with Crippen LogP contribution in [0.2, 0.25) is 0 Å². The Morgan fingerprint density at radius 1 is 1.18 bits per heavy atom. The zero-order valence-electron chi connectivity index (χ0n) is 19.7. The molecule has 1 aliphatic heterocycles. The fraction of sp³-hybridized carbons (Fsp3) is 0.739. The van der Waals surface area contributed by atoms with E-state index < -0.39 is 32.3 Å². The lowest BCUT2D eigenvalue weighted by molar-refractivity contribution is -0.213. The summed E-state index contributed by atoms with van der Waals surface area (Å²) < 4.78 is 65.8. The molecule has 11 heteroatoms. The average molecular weight is 506 g/mol. The fourth-order valence-corrected chi connectivity index (χ4v) is 7.16. The first-order valence-corrected chi connectivity index (χ1v) is 13.2. The molecule has 2 heterocycles. The maximum absolute atomic E-state index is 13.4. The number of carbonyl (C=O) groups excluding carboxylic acids is 1. The van der Waals surface area contributed by atoms with Crippen LogP contribution >= 0.6 is 0 Å². The van der Waals surface area contributed by atoms with E-state index in [0.717, 1.165) is 17.7 Å². The molecule has 1 saturated heterocycles. The van der Waals surface area contributed by atoms with E-state index >= 15 is 0 Å². The predicted molar refractivity (Wildman–Crippen MR) is 121 cm³/mol. The van der Waals surface area contributed by atoms with E-state index in [9.17, 15) is 31.6 Å². The van der Waals surface area contributed by atoms with Crippen LogP contribution in [0.1, 0.15) is 82.4 Å². The molecule has 1 aromatic heterocycles. The molecule has 2 fully saturated rings. The summed E-state index contributed by atoms with van der Waals surface area (Å²) in [4.78, 5) is 16.9. The number of aryl methyl sites for hydroxylation is 1. The molecular weight excluding hydrogens is 471 g/mol.